The Labute approximate surface area is 194 Å². The number of morpholine rings is 1. The van der Waals surface area contributed by atoms with Gasteiger partial charge >= 0.3 is 0 Å². The molecule has 0 bridgehead atoms. The molecule has 0 spiro atoms. The fourth-order valence-corrected chi connectivity index (χ4v) is 4.43. The van der Waals surface area contributed by atoms with Crippen LogP contribution >= 0.6 is 0 Å². The van der Waals surface area contributed by atoms with Crippen LogP contribution in [-0.4, -0.2) is 54.8 Å². The fourth-order valence-electron chi connectivity index (χ4n) is 4.43. The third-order valence-electron chi connectivity index (χ3n) is 6.15. The standard InChI is InChI=1S/C26H30N4O3/c1-19-6-5-7-20(16-19)17-29-11-10-22-21(18-29)25(33-24-9-4-3-8-23(24)31-2)28-26(27-22)30-12-14-32-15-13-30/h3-9,16H,10-15,17-18H2,1-2H3. The van der Waals surface area contributed by atoms with Gasteiger partial charge in [-0.3, -0.25) is 4.90 Å². The van der Waals surface area contributed by atoms with Gasteiger partial charge in [-0.05, 0) is 24.6 Å². The summed E-state index contributed by atoms with van der Waals surface area (Å²) in [5, 5.41) is 0. The number of hydrogen-bond donors (Lipinski definition) is 0. The Morgan fingerprint density at radius 2 is 1.79 bits per heavy atom. The number of anilines is 1. The summed E-state index contributed by atoms with van der Waals surface area (Å²) in [7, 11) is 1.65. The van der Waals surface area contributed by atoms with Gasteiger partial charge in [0.2, 0.25) is 11.8 Å². The zero-order valence-electron chi connectivity index (χ0n) is 19.3. The molecular formula is C26H30N4O3. The molecule has 7 heteroatoms. The highest BCUT2D eigenvalue weighted by molar-refractivity contribution is 5.47. The molecule has 3 heterocycles. The van der Waals surface area contributed by atoms with E-state index in [9.17, 15) is 0 Å². The van der Waals surface area contributed by atoms with Gasteiger partial charge in [-0.15, -0.1) is 0 Å². The van der Waals surface area contributed by atoms with Crippen molar-refractivity contribution >= 4 is 5.95 Å². The van der Waals surface area contributed by atoms with Gasteiger partial charge in [-0.25, -0.2) is 4.98 Å². The van der Waals surface area contributed by atoms with Crippen LogP contribution in [0.4, 0.5) is 5.95 Å². The Hall–Kier alpha value is -3.16. The summed E-state index contributed by atoms with van der Waals surface area (Å²) in [6.45, 7) is 7.67. The molecule has 1 fully saturated rings. The van der Waals surface area contributed by atoms with E-state index in [2.05, 4.69) is 41.0 Å². The smallest absolute Gasteiger partial charge is 0.229 e. The highest BCUT2D eigenvalue weighted by Crippen LogP contribution is 2.35. The molecule has 0 amide bonds. The first-order chi connectivity index (χ1) is 16.2. The Kier molecular flexibility index (Phi) is 6.41. The second-order valence-electron chi connectivity index (χ2n) is 8.56. The monoisotopic (exact) mass is 446 g/mol. The lowest BCUT2D eigenvalue weighted by atomic mass is 10.0. The second kappa shape index (κ2) is 9.77. The van der Waals surface area contributed by atoms with Gasteiger partial charge in [0.1, 0.15) is 0 Å². The summed E-state index contributed by atoms with van der Waals surface area (Å²) in [6.07, 6.45) is 0.864. The first-order valence-electron chi connectivity index (χ1n) is 11.5. The van der Waals surface area contributed by atoms with E-state index in [-0.39, 0.29) is 0 Å². The van der Waals surface area contributed by atoms with Crippen molar-refractivity contribution in [3.8, 4) is 17.4 Å². The van der Waals surface area contributed by atoms with Crippen molar-refractivity contribution in [2.45, 2.75) is 26.4 Å². The van der Waals surface area contributed by atoms with Crippen LogP contribution < -0.4 is 14.4 Å². The number of aromatic nitrogens is 2. The molecule has 0 atom stereocenters. The van der Waals surface area contributed by atoms with Crippen molar-refractivity contribution in [2.24, 2.45) is 0 Å². The number of methoxy groups -OCH3 is 1. The fraction of sp³-hybridized carbons (Fsp3) is 0.385. The maximum Gasteiger partial charge on any atom is 0.229 e. The SMILES string of the molecule is COc1ccccc1Oc1nc(N2CCOCC2)nc2c1CN(Cc1cccc(C)c1)CC2. The molecule has 3 aromatic rings. The molecule has 0 saturated carbocycles. The van der Waals surface area contributed by atoms with Gasteiger partial charge in [0.05, 0.1) is 31.6 Å². The van der Waals surface area contributed by atoms with Crippen LogP contribution in [0.5, 0.6) is 17.4 Å². The summed E-state index contributed by atoms with van der Waals surface area (Å²) in [6, 6.07) is 16.4. The molecule has 1 saturated heterocycles. The Morgan fingerprint density at radius 1 is 0.970 bits per heavy atom. The Balaban J connectivity index is 1.47. The number of aryl methyl sites for hydroxylation is 1. The summed E-state index contributed by atoms with van der Waals surface area (Å²) < 4.78 is 17.4. The van der Waals surface area contributed by atoms with Crippen LogP contribution in [0.15, 0.2) is 48.5 Å². The zero-order valence-corrected chi connectivity index (χ0v) is 19.3. The van der Waals surface area contributed by atoms with Crippen LogP contribution in [0, 0.1) is 6.92 Å². The van der Waals surface area contributed by atoms with Crippen molar-refractivity contribution in [1.29, 1.82) is 0 Å². The van der Waals surface area contributed by atoms with Crippen molar-refractivity contribution < 1.29 is 14.2 Å². The van der Waals surface area contributed by atoms with Gasteiger partial charge in [-0.1, -0.05) is 42.0 Å². The first kappa shape index (κ1) is 21.7. The first-order valence-corrected chi connectivity index (χ1v) is 11.5. The number of ether oxygens (including phenoxy) is 3. The van der Waals surface area contributed by atoms with Crippen molar-refractivity contribution in [1.82, 2.24) is 14.9 Å². The quantitative estimate of drug-likeness (QED) is 0.568. The van der Waals surface area contributed by atoms with E-state index in [1.54, 1.807) is 7.11 Å². The average molecular weight is 447 g/mol. The third-order valence-corrected chi connectivity index (χ3v) is 6.15. The van der Waals surface area contributed by atoms with Crippen molar-refractivity contribution in [2.75, 3.05) is 44.9 Å². The molecule has 1 aromatic heterocycles. The van der Waals surface area contributed by atoms with E-state index in [4.69, 9.17) is 24.2 Å². The molecule has 5 rings (SSSR count). The topological polar surface area (TPSA) is 60.0 Å². The van der Waals surface area contributed by atoms with E-state index >= 15 is 0 Å². The van der Waals surface area contributed by atoms with Gasteiger partial charge < -0.3 is 19.1 Å². The maximum absolute atomic E-state index is 6.39. The molecule has 2 aromatic carbocycles. The molecule has 172 valence electrons. The van der Waals surface area contributed by atoms with E-state index in [0.29, 0.717) is 36.5 Å². The molecule has 0 aliphatic carbocycles. The predicted octanol–water partition coefficient (Wildman–Crippen LogP) is 3.98. The Bertz CT molecular complexity index is 1110. The number of para-hydroxylation sites is 2. The van der Waals surface area contributed by atoms with E-state index < -0.39 is 0 Å². The van der Waals surface area contributed by atoms with Crippen molar-refractivity contribution in [3.05, 3.63) is 70.9 Å². The van der Waals surface area contributed by atoms with Crippen LogP contribution in [0.25, 0.3) is 0 Å². The van der Waals surface area contributed by atoms with Gasteiger partial charge in [0.25, 0.3) is 0 Å². The molecular weight excluding hydrogens is 416 g/mol. The summed E-state index contributed by atoms with van der Waals surface area (Å²) in [5.41, 5.74) is 4.72. The molecule has 0 unspecified atom stereocenters. The van der Waals surface area contributed by atoms with Crippen molar-refractivity contribution in [3.63, 3.8) is 0 Å². The summed E-state index contributed by atoms with van der Waals surface area (Å²) >= 11 is 0. The molecule has 2 aliphatic rings. The molecule has 0 N–H and O–H groups in total. The minimum Gasteiger partial charge on any atom is -0.493 e. The normalized spacial score (nSPS) is 16.4. The average Bonchev–Trinajstić information content (AvgIpc) is 2.85. The molecule has 7 nitrogen and oxygen atoms in total. The van der Waals surface area contributed by atoms with Gasteiger partial charge in [0.15, 0.2) is 11.5 Å². The zero-order chi connectivity index (χ0) is 22.6. The number of rotatable bonds is 6. The van der Waals surface area contributed by atoms with Crippen LogP contribution in [0.3, 0.4) is 0 Å². The van der Waals surface area contributed by atoms with Crippen LogP contribution in [0.1, 0.15) is 22.4 Å². The number of benzene rings is 2. The largest absolute Gasteiger partial charge is 0.493 e. The van der Waals surface area contributed by atoms with Gasteiger partial charge in [-0.2, -0.15) is 4.98 Å². The minimum atomic E-state index is 0.611. The lowest BCUT2D eigenvalue weighted by Crippen LogP contribution is -2.38. The van der Waals surface area contributed by atoms with Gasteiger partial charge in [0, 0.05) is 39.1 Å². The lowest BCUT2D eigenvalue weighted by molar-refractivity contribution is 0.122. The van der Waals surface area contributed by atoms with E-state index in [0.717, 1.165) is 50.4 Å². The third kappa shape index (κ3) is 4.94. The summed E-state index contributed by atoms with van der Waals surface area (Å²) in [5.74, 6) is 2.67. The predicted molar refractivity (Wildman–Crippen MR) is 127 cm³/mol. The highest BCUT2D eigenvalue weighted by Gasteiger charge is 2.26. The van der Waals surface area contributed by atoms with Crippen LogP contribution in [0.2, 0.25) is 0 Å². The highest BCUT2D eigenvalue weighted by atomic mass is 16.5. The molecule has 2 aliphatic heterocycles. The number of hydrogen-bond acceptors (Lipinski definition) is 7. The summed E-state index contributed by atoms with van der Waals surface area (Å²) in [4.78, 5) is 14.5. The second-order valence-corrected chi connectivity index (χ2v) is 8.56. The number of nitrogens with zero attached hydrogens (tertiary/aromatic N) is 4. The van der Waals surface area contributed by atoms with Crippen LogP contribution in [-0.2, 0) is 24.2 Å². The number of fused-ring (bicyclic) bond motifs is 1. The van der Waals surface area contributed by atoms with E-state index in [1.807, 2.05) is 24.3 Å². The van der Waals surface area contributed by atoms with E-state index in [1.165, 1.54) is 11.1 Å². The minimum absolute atomic E-state index is 0.611. The maximum atomic E-state index is 6.39. The molecule has 0 radical (unpaired) electrons. The Morgan fingerprint density at radius 3 is 2.58 bits per heavy atom. The molecule has 33 heavy (non-hydrogen) atoms. The lowest BCUT2D eigenvalue weighted by Gasteiger charge is -2.32.